The van der Waals surface area contributed by atoms with Gasteiger partial charge in [-0.3, -0.25) is 9.59 Å². The summed E-state index contributed by atoms with van der Waals surface area (Å²) < 4.78 is 49.7. The molecule has 0 bridgehead atoms. The molecule has 0 aliphatic carbocycles. The van der Waals surface area contributed by atoms with Crippen LogP contribution in [0.25, 0.3) is 0 Å². The number of hydrogen-bond donors (Lipinski definition) is 0. The van der Waals surface area contributed by atoms with E-state index in [0.29, 0.717) is 42.6 Å². The van der Waals surface area contributed by atoms with Gasteiger partial charge in [-0.25, -0.2) is 8.42 Å². The van der Waals surface area contributed by atoms with Crippen molar-refractivity contribution in [3.8, 4) is 11.5 Å². The molecule has 0 spiro atoms. The average molecular weight is 794 g/mol. The van der Waals surface area contributed by atoms with Crippen molar-refractivity contribution in [2.45, 2.75) is 49.3 Å². The third kappa shape index (κ3) is 9.52. The molecule has 0 fully saturated rings. The van der Waals surface area contributed by atoms with Crippen LogP contribution in [-0.2, 0) is 28.9 Å². The van der Waals surface area contributed by atoms with Crippen LogP contribution in [0.2, 0.25) is 0 Å². The van der Waals surface area contributed by atoms with E-state index in [2.05, 4.69) is 63.7 Å². The molecule has 0 heterocycles. The summed E-state index contributed by atoms with van der Waals surface area (Å²) in [5.41, 5.74) is 0. The number of rotatable bonds is 14. The minimum absolute atomic E-state index is 0.0205. The molecule has 0 atom stereocenters. The molecular weight excluding hydrogens is 768 g/mol. The van der Waals surface area contributed by atoms with Gasteiger partial charge in [0.15, 0.2) is 0 Å². The SMILES string of the molecule is CCCOC(=O)CCOc1c(Br)cc(S(=O)(=O)c2cc(Br)c(OCCC(=O)OCCC)c(Br)c2)cc1Br. The molecule has 0 N–H and O–H groups in total. The maximum Gasteiger partial charge on any atom is 0.309 e. The van der Waals surface area contributed by atoms with Gasteiger partial charge in [0.2, 0.25) is 9.84 Å². The van der Waals surface area contributed by atoms with E-state index in [4.69, 9.17) is 18.9 Å². The molecule has 0 aliphatic heterocycles. The van der Waals surface area contributed by atoms with E-state index in [1.807, 2.05) is 13.8 Å². The Morgan fingerprint density at radius 3 is 1.27 bits per heavy atom. The lowest BCUT2D eigenvalue weighted by Crippen LogP contribution is -2.11. The van der Waals surface area contributed by atoms with E-state index >= 15 is 0 Å². The summed E-state index contributed by atoms with van der Waals surface area (Å²) >= 11 is 13.4. The second-order valence-corrected chi connectivity index (χ2v) is 12.9. The van der Waals surface area contributed by atoms with E-state index in [-0.39, 0.29) is 47.8 Å². The summed E-state index contributed by atoms with van der Waals surface area (Å²) in [6.07, 6.45) is 1.60. The quantitative estimate of drug-likeness (QED) is 0.188. The zero-order valence-electron chi connectivity index (χ0n) is 20.2. The van der Waals surface area contributed by atoms with Crippen molar-refractivity contribution in [2.24, 2.45) is 0 Å². The van der Waals surface area contributed by atoms with E-state index in [0.717, 1.165) is 12.8 Å². The normalized spacial score (nSPS) is 11.2. The van der Waals surface area contributed by atoms with Gasteiger partial charge in [-0.2, -0.15) is 0 Å². The summed E-state index contributed by atoms with van der Waals surface area (Å²) in [5.74, 6) is -0.00164. The maximum atomic E-state index is 13.4. The predicted molar refractivity (Wildman–Crippen MR) is 152 cm³/mol. The Morgan fingerprint density at radius 1 is 0.649 bits per heavy atom. The first-order valence-corrected chi connectivity index (χ1v) is 16.0. The smallest absolute Gasteiger partial charge is 0.309 e. The van der Waals surface area contributed by atoms with Gasteiger partial charge in [0.1, 0.15) is 11.5 Å². The molecule has 0 amide bonds. The summed E-state index contributed by atoms with van der Waals surface area (Å²) in [5, 5.41) is 0. The van der Waals surface area contributed by atoms with Crippen LogP contribution >= 0.6 is 63.7 Å². The summed E-state index contributed by atoms with van der Waals surface area (Å²) in [7, 11) is -3.93. The molecule has 0 saturated carbocycles. The lowest BCUT2D eigenvalue weighted by atomic mass is 10.3. The van der Waals surface area contributed by atoms with Crippen LogP contribution in [0.1, 0.15) is 39.5 Å². The van der Waals surface area contributed by atoms with E-state index in [1.165, 1.54) is 24.3 Å². The summed E-state index contributed by atoms with van der Waals surface area (Å²) in [6, 6.07) is 5.72. The fraction of sp³-hybridized carbons (Fsp3) is 0.417. The van der Waals surface area contributed by atoms with Gasteiger partial charge >= 0.3 is 11.9 Å². The van der Waals surface area contributed by atoms with Crippen molar-refractivity contribution in [3.05, 3.63) is 42.2 Å². The topological polar surface area (TPSA) is 105 Å². The van der Waals surface area contributed by atoms with Crippen LogP contribution in [0.15, 0.2) is 51.9 Å². The molecular formula is C24H26Br4O8S. The van der Waals surface area contributed by atoms with Crippen LogP contribution in [0, 0.1) is 0 Å². The molecule has 0 aromatic heterocycles. The van der Waals surface area contributed by atoms with Crippen LogP contribution in [0.4, 0.5) is 0 Å². The number of carbonyl (C=O) groups excluding carboxylic acids is 2. The molecule has 0 unspecified atom stereocenters. The van der Waals surface area contributed by atoms with Crippen LogP contribution in [0.5, 0.6) is 11.5 Å². The Hall–Kier alpha value is -1.15. The monoisotopic (exact) mass is 790 g/mol. The van der Waals surface area contributed by atoms with Gasteiger partial charge in [0.25, 0.3) is 0 Å². The highest BCUT2D eigenvalue weighted by Gasteiger charge is 2.24. The molecule has 0 radical (unpaired) electrons. The number of carbonyl (C=O) groups is 2. The number of sulfone groups is 1. The Labute approximate surface area is 250 Å². The minimum Gasteiger partial charge on any atom is -0.491 e. The van der Waals surface area contributed by atoms with E-state index in [1.54, 1.807) is 0 Å². The van der Waals surface area contributed by atoms with Gasteiger partial charge in [0, 0.05) is 0 Å². The lowest BCUT2D eigenvalue weighted by Gasteiger charge is -2.14. The van der Waals surface area contributed by atoms with Gasteiger partial charge in [0.05, 0.1) is 67.0 Å². The summed E-state index contributed by atoms with van der Waals surface area (Å²) in [4.78, 5) is 23.4. The van der Waals surface area contributed by atoms with E-state index in [9.17, 15) is 18.0 Å². The van der Waals surface area contributed by atoms with Crippen molar-refractivity contribution >= 4 is 85.5 Å². The number of benzene rings is 2. The predicted octanol–water partition coefficient (Wildman–Crippen LogP) is 7.01. The number of hydrogen-bond acceptors (Lipinski definition) is 8. The second-order valence-electron chi connectivity index (χ2n) is 7.57. The van der Waals surface area contributed by atoms with Crippen molar-refractivity contribution in [2.75, 3.05) is 26.4 Å². The van der Waals surface area contributed by atoms with Gasteiger partial charge in [-0.1, -0.05) is 13.8 Å². The highest BCUT2D eigenvalue weighted by Crippen LogP contribution is 2.40. The Kier molecular flexibility index (Phi) is 13.4. The van der Waals surface area contributed by atoms with Gasteiger partial charge in [-0.15, -0.1) is 0 Å². The zero-order valence-corrected chi connectivity index (χ0v) is 27.3. The van der Waals surface area contributed by atoms with Crippen molar-refractivity contribution in [1.29, 1.82) is 0 Å². The molecule has 2 aromatic rings. The fourth-order valence-corrected chi connectivity index (χ4v) is 7.65. The molecule has 13 heteroatoms. The molecule has 0 aliphatic rings. The van der Waals surface area contributed by atoms with E-state index < -0.39 is 9.84 Å². The molecule has 2 aromatic carbocycles. The van der Waals surface area contributed by atoms with Crippen LogP contribution in [-0.4, -0.2) is 46.8 Å². The summed E-state index contributed by atoms with van der Waals surface area (Å²) in [6.45, 7) is 4.66. The Balaban J connectivity index is 2.16. The highest BCUT2D eigenvalue weighted by atomic mass is 79.9. The fourth-order valence-electron chi connectivity index (χ4n) is 2.84. The molecule has 204 valence electrons. The molecule has 0 saturated heterocycles. The number of esters is 2. The third-order valence-electron chi connectivity index (χ3n) is 4.60. The third-order valence-corrected chi connectivity index (χ3v) is 8.67. The average Bonchev–Trinajstić information content (AvgIpc) is 2.84. The largest absolute Gasteiger partial charge is 0.491 e. The molecule has 37 heavy (non-hydrogen) atoms. The first kappa shape index (κ1) is 32.1. The first-order chi connectivity index (χ1) is 17.5. The van der Waals surface area contributed by atoms with Crippen molar-refractivity contribution in [3.63, 3.8) is 0 Å². The van der Waals surface area contributed by atoms with Crippen LogP contribution in [0.3, 0.4) is 0 Å². The Morgan fingerprint density at radius 2 is 0.973 bits per heavy atom. The highest BCUT2D eigenvalue weighted by molar-refractivity contribution is 9.11. The van der Waals surface area contributed by atoms with Crippen molar-refractivity contribution < 1.29 is 37.0 Å². The molecule has 8 nitrogen and oxygen atoms in total. The first-order valence-electron chi connectivity index (χ1n) is 11.3. The Bertz CT molecular complexity index is 1080. The number of halogens is 4. The van der Waals surface area contributed by atoms with Gasteiger partial charge in [-0.05, 0) is 101 Å². The van der Waals surface area contributed by atoms with Crippen LogP contribution < -0.4 is 9.47 Å². The lowest BCUT2D eigenvalue weighted by molar-refractivity contribution is -0.145. The minimum atomic E-state index is -3.93. The van der Waals surface area contributed by atoms with Crippen molar-refractivity contribution in [1.82, 2.24) is 0 Å². The van der Waals surface area contributed by atoms with Gasteiger partial charge < -0.3 is 18.9 Å². The second kappa shape index (κ2) is 15.4. The molecule has 2 rings (SSSR count). The standard InChI is InChI=1S/C24H26Br4O8S/c1-3-7-33-21(29)5-9-35-23-17(25)11-15(12-18(23)26)37(31,32)16-13-19(27)24(20(28)14-16)36-10-6-22(30)34-8-4-2/h11-14H,3-10H2,1-2H3. The number of ether oxygens (including phenoxy) is 4. The maximum absolute atomic E-state index is 13.4. The zero-order chi connectivity index (χ0) is 27.6.